The van der Waals surface area contributed by atoms with Crippen LogP contribution in [-0.2, 0) is 20.9 Å². The molecule has 21 heavy (non-hydrogen) atoms. The Hall–Kier alpha value is -2.08. The number of carbonyl (C=O) groups excluding carboxylic acids is 1. The Morgan fingerprint density at radius 1 is 1.29 bits per heavy atom. The maximum atomic E-state index is 11.6. The predicted octanol–water partition coefficient (Wildman–Crippen LogP) is 1.58. The van der Waals surface area contributed by atoms with Gasteiger partial charge in [-0.1, -0.05) is 12.1 Å². The van der Waals surface area contributed by atoms with E-state index < -0.39 is 5.97 Å². The van der Waals surface area contributed by atoms with Crippen LogP contribution in [0, 0.1) is 0 Å². The molecule has 1 rings (SSSR count). The maximum Gasteiger partial charge on any atom is 0.341 e. The van der Waals surface area contributed by atoms with Gasteiger partial charge in [0.2, 0.25) is 5.91 Å². The molecule has 1 amide bonds. The number of carboxylic acids is 1. The Morgan fingerprint density at radius 3 is 2.81 bits per heavy atom. The smallest absolute Gasteiger partial charge is 0.341 e. The monoisotopic (exact) mass is 295 g/mol. The second kappa shape index (κ2) is 9.77. The van der Waals surface area contributed by atoms with Gasteiger partial charge >= 0.3 is 5.97 Å². The van der Waals surface area contributed by atoms with Crippen molar-refractivity contribution < 1.29 is 24.2 Å². The first kappa shape index (κ1) is 17.0. The van der Waals surface area contributed by atoms with E-state index in [2.05, 4.69) is 5.32 Å². The number of nitrogens with one attached hydrogen (secondary N) is 1. The van der Waals surface area contributed by atoms with E-state index in [0.29, 0.717) is 25.3 Å². The lowest BCUT2D eigenvalue weighted by atomic mass is 10.2. The fraction of sp³-hybridized carbons (Fsp3) is 0.467. The number of hydrogen-bond acceptors (Lipinski definition) is 4. The average molecular weight is 295 g/mol. The van der Waals surface area contributed by atoms with E-state index in [1.165, 1.54) is 0 Å². The standard InChI is InChI=1S/C15H21NO5/c1-20-8-3-2-7-14(17)16-10-12-5-4-6-13(9-12)21-11-15(18)19/h4-6,9H,2-3,7-8,10-11H2,1H3,(H,16,17)(H,18,19). The van der Waals surface area contributed by atoms with Gasteiger partial charge < -0.3 is 19.9 Å². The molecule has 0 bridgehead atoms. The van der Waals surface area contributed by atoms with Gasteiger partial charge in [0.05, 0.1) is 0 Å². The number of hydrogen-bond donors (Lipinski definition) is 2. The van der Waals surface area contributed by atoms with Crippen LogP contribution in [0.2, 0.25) is 0 Å². The summed E-state index contributed by atoms with van der Waals surface area (Å²) < 4.78 is 10.00. The second-order valence-electron chi connectivity index (χ2n) is 4.56. The SMILES string of the molecule is COCCCCC(=O)NCc1cccc(OCC(=O)O)c1. The van der Waals surface area contributed by atoms with E-state index >= 15 is 0 Å². The predicted molar refractivity (Wildman–Crippen MR) is 77.1 cm³/mol. The van der Waals surface area contributed by atoms with Crippen molar-refractivity contribution in [1.29, 1.82) is 0 Å². The number of methoxy groups -OCH3 is 1. The van der Waals surface area contributed by atoms with Crippen molar-refractivity contribution in [3.05, 3.63) is 29.8 Å². The number of rotatable bonds is 10. The Bertz CT molecular complexity index is 461. The van der Waals surface area contributed by atoms with Gasteiger partial charge in [-0.05, 0) is 30.5 Å². The van der Waals surface area contributed by atoms with Crippen LogP contribution in [0.4, 0.5) is 0 Å². The minimum absolute atomic E-state index is 0.0111. The molecular weight excluding hydrogens is 274 g/mol. The first-order chi connectivity index (χ1) is 10.1. The van der Waals surface area contributed by atoms with Crippen LogP contribution in [0.3, 0.4) is 0 Å². The molecule has 0 radical (unpaired) electrons. The number of amides is 1. The highest BCUT2D eigenvalue weighted by Gasteiger charge is 2.03. The summed E-state index contributed by atoms with van der Waals surface area (Å²) >= 11 is 0. The molecule has 0 spiro atoms. The summed E-state index contributed by atoms with van der Waals surface area (Å²) in [6.07, 6.45) is 2.13. The van der Waals surface area contributed by atoms with Crippen LogP contribution >= 0.6 is 0 Å². The van der Waals surface area contributed by atoms with Gasteiger partial charge in [-0.3, -0.25) is 4.79 Å². The van der Waals surface area contributed by atoms with Crippen molar-refractivity contribution >= 4 is 11.9 Å². The lowest BCUT2D eigenvalue weighted by Gasteiger charge is -2.08. The third-order valence-corrected chi connectivity index (χ3v) is 2.75. The third-order valence-electron chi connectivity index (χ3n) is 2.75. The third kappa shape index (κ3) is 7.94. The van der Waals surface area contributed by atoms with Crippen LogP contribution < -0.4 is 10.1 Å². The van der Waals surface area contributed by atoms with Crippen LogP contribution in [0.25, 0.3) is 0 Å². The van der Waals surface area contributed by atoms with Crippen LogP contribution in [-0.4, -0.2) is 37.3 Å². The fourth-order valence-electron chi connectivity index (χ4n) is 1.71. The number of aliphatic carboxylic acids is 1. The van der Waals surface area contributed by atoms with Crippen LogP contribution in [0.15, 0.2) is 24.3 Å². The van der Waals surface area contributed by atoms with Gasteiger partial charge in [0.25, 0.3) is 0 Å². The zero-order chi connectivity index (χ0) is 15.5. The van der Waals surface area contributed by atoms with E-state index in [1.807, 2.05) is 6.07 Å². The molecule has 0 aliphatic rings. The molecule has 1 aromatic carbocycles. The summed E-state index contributed by atoms with van der Waals surface area (Å²) in [5, 5.41) is 11.4. The van der Waals surface area contributed by atoms with Crippen molar-refractivity contribution in [1.82, 2.24) is 5.32 Å². The van der Waals surface area contributed by atoms with Gasteiger partial charge in [-0.25, -0.2) is 4.79 Å². The summed E-state index contributed by atoms with van der Waals surface area (Å²) in [5.74, 6) is -0.558. The number of carboxylic acid groups (broad SMARTS) is 1. The number of ether oxygens (including phenoxy) is 2. The van der Waals surface area contributed by atoms with Crippen LogP contribution in [0.1, 0.15) is 24.8 Å². The summed E-state index contributed by atoms with van der Waals surface area (Å²) in [5.41, 5.74) is 0.864. The molecular formula is C15H21NO5. The normalized spacial score (nSPS) is 10.1. The summed E-state index contributed by atoms with van der Waals surface area (Å²) in [7, 11) is 1.64. The minimum atomic E-state index is -1.02. The molecule has 0 saturated carbocycles. The van der Waals surface area contributed by atoms with Crippen molar-refractivity contribution in [2.75, 3.05) is 20.3 Å². The number of carbonyl (C=O) groups is 2. The Kier molecular flexibility index (Phi) is 7.89. The van der Waals surface area contributed by atoms with Gasteiger partial charge in [-0.2, -0.15) is 0 Å². The molecule has 0 atom stereocenters. The first-order valence-electron chi connectivity index (χ1n) is 6.81. The Balaban J connectivity index is 2.32. The first-order valence-corrected chi connectivity index (χ1v) is 6.81. The van der Waals surface area contributed by atoms with Crippen molar-refractivity contribution in [2.45, 2.75) is 25.8 Å². The van der Waals surface area contributed by atoms with E-state index in [-0.39, 0.29) is 12.5 Å². The van der Waals surface area contributed by atoms with Gasteiger partial charge in [-0.15, -0.1) is 0 Å². The number of unbranched alkanes of at least 4 members (excludes halogenated alkanes) is 1. The van der Waals surface area contributed by atoms with E-state index in [0.717, 1.165) is 18.4 Å². The van der Waals surface area contributed by atoms with Crippen molar-refractivity contribution in [3.8, 4) is 5.75 Å². The molecule has 2 N–H and O–H groups in total. The average Bonchev–Trinajstić information content (AvgIpc) is 2.48. The maximum absolute atomic E-state index is 11.6. The molecule has 0 aliphatic heterocycles. The molecule has 6 nitrogen and oxygen atoms in total. The van der Waals surface area contributed by atoms with Gasteiger partial charge in [0.15, 0.2) is 6.61 Å². The highest BCUT2D eigenvalue weighted by molar-refractivity contribution is 5.75. The lowest BCUT2D eigenvalue weighted by Crippen LogP contribution is -2.22. The minimum Gasteiger partial charge on any atom is -0.482 e. The quantitative estimate of drug-likeness (QED) is 0.640. The highest BCUT2D eigenvalue weighted by atomic mass is 16.5. The highest BCUT2D eigenvalue weighted by Crippen LogP contribution is 2.13. The van der Waals surface area contributed by atoms with E-state index in [1.54, 1.807) is 25.3 Å². The molecule has 0 unspecified atom stereocenters. The van der Waals surface area contributed by atoms with Gasteiger partial charge in [0.1, 0.15) is 5.75 Å². The van der Waals surface area contributed by atoms with E-state index in [4.69, 9.17) is 14.6 Å². The number of benzene rings is 1. The summed E-state index contributed by atoms with van der Waals surface area (Å²) in [6, 6.07) is 7.00. The lowest BCUT2D eigenvalue weighted by molar-refractivity contribution is -0.139. The van der Waals surface area contributed by atoms with Gasteiger partial charge in [0, 0.05) is 26.7 Å². The van der Waals surface area contributed by atoms with E-state index in [9.17, 15) is 9.59 Å². The molecule has 0 aromatic heterocycles. The Labute approximate surface area is 124 Å². The molecule has 116 valence electrons. The molecule has 1 aromatic rings. The Morgan fingerprint density at radius 2 is 2.10 bits per heavy atom. The van der Waals surface area contributed by atoms with Crippen molar-refractivity contribution in [2.24, 2.45) is 0 Å². The van der Waals surface area contributed by atoms with Crippen LogP contribution in [0.5, 0.6) is 5.75 Å². The molecule has 0 heterocycles. The molecule has 0 fully saturated rings. The zero-order valence-electron chi connectivity index (χ0n) is 12.1. The molecule has 0 saturated heterocycles. The second-order valence-corrected chi connectivity index (χ2v) is 4.56. The largest absolute Gasteiger partial charge is 0.482 e. The molecule has 0 aliphatic carbocycles. The zero-order valence-corrected chi connectivity index (χ0v) is 12.1. The summed E-state index contributed by atoms with van der Waals surface area (Å²) in [4.78, 5) is 22.0. The fourth-order valence-corrected chi connectivity index (χ4v) is 1.71. The summed E-state index contributed by atoms with van der Waals surface area (Å²) in [6.45, 7) is 0.680. The van der Waals surface area contributed by atoms with Crippen molar-refractivity contribution in [3.63, 3.8) is 0 Å². The molecule has 6 heteroatoms. The topological polar surface area (TPSA) is 84.9 Å².